The van der Waals surface area contributed by atoms with Crippen LogP contribution in [0.2, 0.25) is 5.02 Å². The molecule has 6 heteroatoms. The lowest BCUT2D eigenvalue weighted by Gasteiger charge is -2.31. The molecule has 5 nitrogen and oxygen atoms in total. The maximum Gasteiger partial charge on any atom is 0.337 e. The highest BCUT2D eigenvalue weighted by atomic mass is 35.5. The van der Waals surface area contributed by atoms with Gasteiger partial charge >= 0.3 is 5.97 Å². The maximum absolute atomic E-state index is 11.7. The van der Waals surface area contributed by atoms with E-state index in [0.717, 1.165) is 22.4 Å². The van der Waals surface area contributed by atoms with Gasteiger partial charge in [0.1, 0.15) is 11.9 Å². The lowest BCUT2D eigenvalue weighted by atomic mass is 9.93. The number of benzene rings is 3. The van der Waals surface area contributed by atoms with Crippen LogP contribution in [0, 0.1) is 0 Å². The summed E-state index contributed by atoms with van der Waals surface area (Å²) in [7, 11) is 1.36. The number of hydrogen-bond acceptors (Lipinski definition) is 5. The minimum Gasteiger partial charge on any atom is -0.508 e. The third-order valence-corrected chi connectivity index (χ3v) is 5.43. The van der Waals surface area contributed by atoms with Crippen LogP contribution in [0.1, 0.15) is 45.7 Å². The van der Waals surface area contributed by atoms with Crippen LogP contribution in [0.4, 0.5) is 0 Å². The monoisotopic (exact) mass is 420 g/mol. The fraction of sp³-hybridized carbons (Fsp3) is 0.167. The number of aliphatic imine (C=N–C) groups is 1. The van der Waals surface area contributed by atoms with Gasteiger partial charge in [-0.15, -0.1) is 0 Å². The number of halogens is 1. The summed E-state index contributed by atoms with van der Waals surface area (Å²) in [6.07, 6.45) is 0.288. The molecule has 152 valence electrons. The molecule has 2 N–H and O–H groups in total. The fourth-order valence-electron chi connectivity index (χ4n) is 3.60. The molecule has 0 aromatic heterocycles. The quantitative estimate of drug-likeness (QED) is 0.579. The van der Waals surface area contributed by atoms with Crippen LogP contribution in [0.3, 0.4) is 0 Å². The molecule has 3 aromatic rings. The van der Waals surface area contributed by atoms with E-state index in [1.54, 1.807) is 24.3 Å². The predicted octanol–water partition coefficient (Wildman–Crippen LogP) is 5.05. The SMILES string of the molecule is COC(=O)c1ccc([C@@H]2N=C(c3ccc(Cl)cc3)C[C@@H](c3ccccc3O)N2)cc1. The van der Waals surface area contributed by atoms with Gasteiger partial charge in [-0.05, 0) is 41.5 Å². The Kier molecular flexibility index (Phi) is 5.84. The van der Waals surface area contributed by atoms with E-state index in [4.69, 9.17) is 21.3 Å². The predicted molar refractivity (Wildman–Crippen MR) is 117 cm³/mol. The summed E-state index contributed by atoms with van der Waals surface area (Å²) in [5.74, 6) is -0.136. The first-order valence-corrected chi connectivity index (χ1v) is 9.98. The zero-order chi connectivity index (χ0) is 21.1. The lowest BCUT2D eigenvalue weighted by molar-refractivity contribution is 0.0600. The summed E-state index contributed by atoms with van der Waals surface area (Å²) in [5.41, 5.74) is 4.11. The molecule has 0 spiro atoms. The zero-order valence-corrected chi connectivity index (χ0v) is 17.1. The van der Waals surface area contributed by atoms with Gasteiger partial charge in [0.2, 0.25) is 0 Å². The molecule has 3 aromatic carbocycles. The molecule has 0 fully saturated rings. The number of hydrogen-bond donors (Lipinski definition) is 2. The highest BCUT2D eigenvalue weighted by molar-refractivity contribution is 6.30. The Bertz CT molecular complexity index is 1080. The van der Waals surface area contributed by atoms with Crippen molar-refractivity contribution in [2.45, 2.75) is 18.6 Å². The molecule has 4 rings (SSSR count). The first kappa shape index (κ1) is 20.1. The van der Waals surface area contributed by atoms with E-state index in [9.17, 15) is 9.90 Å². The molecular weight excluding hydrogens is 400 g/mol. The second-order valence-electron chi connectivity index (χ2n) is 7.08. The van der Waals surface area contributed by atoms with E-state index in [1.807, 2.05) is 48.5 Å². The van der Waals surface area contributed by atoms with E-state index >= 15 is 0 Å². The molecule has 0 radical (unpaired) electrons. The molecule has 0 bridgehead atoms. The second kappa shape index (κ2) is 8.69. The molecule has 0 saturated heterocycles. The molecule has 0 saturated carbocycles. The van der Waals surface area contributed by atoms with Crippen LogP contribution in [-0.4, -0.2) is 23.9 Å². The van der Waals surface area contributed by atoms with Crippen molar-refractivity contribution in [1.82, 2.24) is 5.32 Å². The average molecular weight is 421 g/mol. The van der Waals surface area contributed by atoms with Crippen molar-refractivity contribution < 1.29 is 14.6 Å². The van der Waals surface area contributed by atoms with E-state index in [0.29, 0.717) is 17.0 Å². The number of phenols is 1. The number of phenolic OH excluding ortho intramolecular Hbond substituents is 1. The van der Waals surface area contributed by atoms with Gasteiger partial charge in [-0.25, -0.2) is 4.79 Å². The molecular formula is C24H21ClN2O3. The summed E-state index contributed by atoms with van der Waals surface area (Å²) in [5, 5.41) is 14.6. The Morgan fingerprint density at radius 3 is 2.43 bits per heavy atom. The Hall–Kier alpha value is -3.15. The third kappa shape index (κ3) is 4.22. The van der Waals surface area contributed by atoms with Crippen LogP contribution < -0.4 is 5.32 Å². The topological polar surface area (TPSA) is 70.9 Å². The molecule has 1 aliphatic rings. The van der Waals surface area contributed by atoms with Gasteiger partial charge in [0.25, 0.3) is 0 Å². The van der Waals surface area contributed by atoms with Gasteiger partial charge in [-0.2, -0.15) is 0 Å². The van der Waals surface area contributed by atoms with Crippen LogP contribution in [-0.2, 0) is 4.74 Å². The normalized spacial score (nSPS) is 18.5. The first-order chi connectivity index (χ1) is 14.5. The first-order valence-electron chi connectivity index (χ1n) is 9.60. The van der Waals surface area contributed by atoms with Crippen LogP contribution in [0.25, 0.3) is 0 Å². The number of ether oxygens (including phenoxy) is 1. The maximum atomic E-state index is 11.7. The lowest BCUT2D eigenvalue weighted by Crippen LogP contribution is -2.33. The standard InChI is InChI=1S/C24H21ClN2O3/c1-30-24(29)17-8-6-16(7-9-17)23-26-20(15-10-12-18(25)13-11-15)14-21(27-23)19-4-2-3-5-22(19)28/h2-13,21,23,27-28H,14H2,1H3/t21-,23+/m0/s1. The Morgan fingerprint density at radius 1 is 1.07 bits per heavy atom. The minimum atomic E-state index is -0.379. The minimum absolute atomic E-state index is 0.125. The van der Waals surface area contributed by atoms with E-state index < -0.39 is 0 Å². The summed E-state index contributed by atoms with van der Waals surface area (Å²) < 4.78 is 4.77. The van der Waals surface area contributed by atoms with Crippen molar-refractivity contribution in [3.05, 3.63) is 100 Å². The number of aromatic hydroxyl groups is 1. The van der Waals surface area contributed by atoms with Crippen LogP contribution >= 0.6 is 11.6 Å². The number of nitrogens with one attached hydrogen (secondary N) is 1. The second-order valence-corrected chi connectivity index (χ2v) is 7.52. The number of esters is 1. The van der Waals surface area contributed by atoms with E-state index in [1.165, 1.54) is 7.11 Å². The van der Waals surface area contributed by atoms with Gasteiger partial charge in [-0.1, -0.05) is 54.1 Å². The third-order valence-electron chi connectivity index (χ3n) is 5.18. The van der Waals surface area contributed by atoms with Gasteiger partial charge in [0.15, 0.2) is 0 Å². The number of carbonyl (C=O) groups excluding carboxylic acids is 1. The number of nitrogens with zero attached hydrogens (tertiary/aromatic N) is 1. The highest BCUT2D eigenvalue weighted by Gasteiger charge is 2.27. The van der Waals surface area contributed by atoms with Crippen molar-refractivity contribution >= 4 is 23.3 Å². The number of methoxy groups -OCH3 is 1. The summed E-state index contributed by atoms with van der Waals surface area (Å²) in [6, 6.07) is 21.9. The molecule has 1 heterocycles. The number of carbonyl (C=O) groups is 1. The highest BCUT2D eigenvalue weighted by Crippen LogP contribution is 2.34. The Morgan fingerprint density at radius 2 is 1.77 bits per heavy atom. The number of rotatable bonds is 4. The van der Waals surface area contributed by atoms with E-state index in [-0.39, 0.29) is 23.9 Å². The fourth-order valence-corrected chi connectivity index (χ4v) is 3.72. The molecule has 0 amide bonds. The smallest absolute Gasteiger partial charge is 0.337 e. The Labute approximate surface area is 180 Å². The zero-order valence-electron chi connectivity index (χ0n) is 16.4. The largest absolute Gasteiger partial charge is 0.508 e. The van der Waals surface area contributed by atoms with Crippen molar-refractivity contribution in [3.8, 4) is 5.75 Å². The number of para-hydroxylation sites is 1. The van der Waals surface area contributed by atoms with Crippen molar-refractivity contribution in [2.75, 3.05) is 7.11 Å². The molecule has 1 aliphatic heterocycles. The van der Waals surface area contributed by atoms with Gasteiger partial charge < -0.3 is 9.84 Å². The van der Waals surface area contributed by atoms with Crippen LogP contribution in [0.15, 0.2) is 77.8 Å². The average Bonchev–Trinajstić information content (AvgIpc) is 2.79. The van der Waals surface area contributed by atoms with Gasteiger partial charge in [0, 0.05) is 28.8 Å². The Balaban J connectivity index is 1.71. The molecule has 2 atom stereocenters. The molecule has 0 unspecified atom stereocenters. The van der Waals surface area contributed by atoms with Gasteiger partial charge in [-0.3, -0.25) is 10.3 Å². The molecule has 0 aliphatic carbocycles. The molecule has 30 heavy (non-hydrogen) atoms. The van der Waals surface area contributed by atoms with Crippen molar-refractivity contribution in [2.24, 2.45) is 4.99 Å². The van der Waals surface area contributed by atoms with Gasteiger partial charge in [0.05, 0.1) is 12.7 Å². The van der Waals surface area contributed by atoms with Crippen molar-refractivity contribution in [1.29, 1.82) is 0 Å². The van der Waals surface area contributed by atoms with Crippen LogP contribution in [0.5, 0.6) is 5.75 Å². The summed E-state index contributed by atoms with van der Waals surface area (Å²) in [6.45, 7) is 0. The summed E-state index contributed by atoms with van der Waals surface area (Å²) in [4.78, 5) is 16.7. The summed E-state index contributed by atoms with van der Waals surface area (Å²) >= 11 is 6.05. The van der Waals surface area contributed by atoms with Crippen molar-refractivity contribution in [3.63, 3.8) is 0 Å². The van der Waals surface area contributed by atoms with E-state index in [2.05, 4.69) is 5.32 Å².